The van der Waals surface area contributed by atoms with Crippen LogP contribution in [0.15, 0.2) is 30.3 Å². The van der Waals surface area contributed by atoms with Gasteiger partial charge in [-0.05, 0) is 18.6 Å². The smallest absolute Gasteiger partial charge is 0.303 e. The van der Waals surface area contributed by atoms with Gasteiger partial charge in [0.1, 0.15) is 6.04 Å². The summed E-state index contributed by atoms with van der Waals surface area (Å²) in [5.74, 6) is -1.49. The van der Waals surface area contributed by atoms with Gasteiger partial charge in [0, 0.05) is 18.7 Å². The third-order valence-electron chi connectivity index (χ3n) is 3.20. The third kappa shape index (κ3) is 3.34. The second-order valence-electron chi connectivity index (χ2n) is 4.66. The van der Waals surface area contributed by atoms with Gasteiger partial charge < -0.3 is 10.0 Å². The number of carbonyl (C=O) groups excluding carboxylic acids is 2. The fourth-order valence-corrected chi connectivity index (χ4v) is 2.28. The summed E-state index contributed by atoms with van der Waals surface area (Å²) in [6, 6.07) is 8.67. The number of amides is 2. The molecule has 1 atom stereocenters. The number of benzene rings is 1. The fraction of sp³-hybridized carbons (Fsp3) is 0.357. The molecule has 1 aromatic carbocycles. The van der Waals surface area contributed by atoms with Crippen molar-refractivity contribution in [3.63, 3.8) is 0 Å². The summed E-state index contributed by atoms with van der Waals surface area (Å²) < 4.78 is 0. The number of nitrogens with one attached hydrogen (secondary N) is 1. The number of imide groups is 1. The number of aliphatic carboxylic acids is 1. The van der Waals surface area contributed by atoms with Crippen molar-refractivity contribution >= 4 is 23.5 Å². The molecule has 2 N–H and O–H groups in total. The van der Waals surface area contributed by atoms with Crippen LogP contribution in [0.5, 0.6) is 0 Å². The van der Waals surface area contributed by atoms with Crippen molar-refractivity contribution in [3.05, 3.63) is 30.3 Å². The Morgan fingerprint density at radius 3 is 2.55 bits per heavy atom. The molecule has 1 fully saturated rings. The molecule has 0 radical (unpaired) electrons. The number of para-hydroxylation sites is 1. The average Bonchev–Trinajstić information content (AvgIpc) is 2.74. The van der Waals surface area contributed by atoms with Crippen LogP contribution < -0.4 is 10.2 Å². The maximum Gasteiger partial charge on any atom is 0.303 e. The maximum absolute atomic E-state index is 11.8. The lowest BCUT2D eigenvalue weighted by molar-refractivity contribution is -0.137. The van der Waals surface area contributed by atoms with Crippen molar-refractivity contribution in [3.8, 4) is 0 Å². The monoisotopic (exact) mass is 276 g/mol. The summed E-state index contributed by atoms with van der Waals surface area (Å²) in [6.07, 6.45) is 0.564. The number of anilines is 1. The van der Waals surface area contributed by atoms with Gasteiger partial charge in [-0.3, -0.25) is 19.7 Å². The molecular formula is C14H16N2O4. The molecular weight excluding hydrogens is 260 g/mol. The molecule has 6 nitrogen and oxygen atoms in total. The van der Waals surface area contributed by atoms with Gasteiger partial charge in [-0.25, -0.2) is 0 Å². The third-order valence-corrected chi connectivity index (χ3v) is 3.20. The van der Waals surface area contributed by atoms with Gasteiger partial charge in [-0.15, -0.1) is 0 Å². The molecule has 2 rings (SSSR count). The van der Waals surface area contributed by atoms with E-state index in [-0.39, 0.29) is 24.7 Å². The van der Waals surface area contributed by atoms with Crippen LogP contribution in [0, 0.1) is 0 Å². The predicted octanol–water partition coefficient (Wildman–Crippen LogP) is 0.773. The van der Waals surface area contributed by atoms with E-state index in [1.165, 1.54) is 0 Å². The van der Waals surface area contributed by atoms with Crippen LogP contribution in [-0.2, 0) is 14.4 Å². The molecule has 1 unspecified atom stereocenters. The summed E-state index contributed by atoms with van der Waals surface area (Å²) in [7, 11) is 0. The molecule has 6 heteroatoms. The molecule has 2 amide bonds. The number of carboxylic acid groups (broad SMARTS) is 1. The zero-order valence-corrected chi connectivity index (χ0v) is 10.9. The molecule has 0 aromatic heterocycles. The summed E-state index contributed by atoms with van der Waals surface area (Å²) in [4.78, 5) is 35.5. The Balaban J connectivity index is 2.14. The van der Waals surface area contributed by atoms with E-state index in [4.69, 9.17) is 5.11 Å². The van der Waals surface area contributed by atoms with Crippen LogP contribution in [0.2, 0.25) is 0 Å². The zero-order chi connectivity index (χ0) is 14.5. The first-order valence-electron chi connectivity index (χ1n) is 6.45. The van der Waals surface area contributed by atoms with Crippen molar-refractivity contribution in [1.82, 2.24) is 5.32 Å². The topological polar surface area (TPSA) is 86.7 Å². The van der Waals surface area contributed by atoms with Gasteiger partial charge in [0.2, 0.25) is 11.8 Å². The highest BCUT2D eigenvalue weighted by atomic mass is 16.4. The molecule has 1 heterocycles. The van der Waals surface area contributed by atoms with Crippen LogP contribution >= 0.6 is 0 Å². The zero-order valence-electron chi connectivity index (χ0n) is 10.9. The van der Waals surface area contributed by atoms with Crippen molar-refractivity contribution in [2.24, 2.45) is 0 Å². The van der Waals surface area contributed by atoms with E-state index in [0.717, 1.165) is 5.69 Å². The maximum atomic E-state index is 11.8. The van der Waals surface area contributed by atoms with Crippen molar-refractivity contribution in [2.75, 3.05) is 11.4 Å². The number of nitrogens with zero attached hydrogens (tertiary/aromatic N) is 1. The van der Waals surface area contributed by atoms with Crippen LogP contribution in [0.4, 0.5) is 5.69 Å². The van der Waals surface area contributed by atoms with Crippen LogP contribution in [0.3, 0.4) is 0 Å². The first-order valence-corrected chi connectivity index (χ1v) is 6.45. The molecule has 1 aromatic rings. The lowest BCUT2D eigenvalue weighted by Crippen LogP contribution is -2.41. The van der Waals surface area contributed by atoms with Gasteiger partial charge in [-0.1, -0.05) is 18.2 Å². The molecule has 1 saturated heterocycles. The van der Waals surface area contributed by atoms with Gasteiger partial charge in [0.15, 0.2) is 0 Å². The van der Waals surface area contributed by atoms with E-state index in [0.29, 0.717) is 13.0 Å². The molecule has 0 bridgehead atoms. The predicted molar refractivity (Wildman–Crippen MR) is 72.2 cm³/mol. The summed E-state index contributed by atoms with van der Waals surface area (Å²) in [5.41, 5.74) is 0.813. The van der Waals surface area contributed by atoms with Gasteiger partial charge in [-0.2, -0.15) is 0 Å². The lowest BCUT2D eigenvalue weighted by Gasteiger charge is -2.28. The van der Waals surface area contributed by atoms with Gasteiger partial charge >= 0.3 is 5.97 Å². The molecule has 1 aliphatic heterocycles. The first-order chi connectivity index (χ1) is 9.58. The van der Waals surface area contributed by atoms with E-state index in [9.17, 15) is 14.4 Å². The molecule has 0 spiro atoms. The van der Waals surface area contributed by atoms with Gasteiger partial charge in [0.25, 0.3) is 0 Å². The Kier molecular flexibility index (Phi) is 4.34. The van der Waals surface area contributed by atoms with Crippen LogP contribution in [0.25, 0.3) is 0 Å². The Morgan fingerprint density at radius 1 is 1.30 bits per heavy atom. The number of hydrogen-bond acceptors (Lipinski definition) is 4. The van der Waals surface area contributed by atoms with Gasteiger partial charge in [0.05, 0.1) is 6.42 Å². The minimum atomic E-state index is -0.870. The van der Waals surface area contributed by atoms with Crippen LogP contribution in [-0.4, -0.2) is 35.5 Å². The molecule has 0 saturated carbocycles. The summed E-state index contributed by atoms with van der Waals surface area (Å²) in [6.45, 7) is 0.418. The number of hydrogen-bond donors (Lipinski definition) is 2. The quantitative estimate of drug-likeness (QED) is 0.750. The van der Waals surface area contributed by atoms with E-state index in [1.807, 2.05) is 30.3 Å². The first kappa shape index (κ1) is 14.0. The number of carbonyl (C=O) groups is 3. The Labute approximate surface area is 116 Å². The average molecular weight is 276 g/mol. The van der Waals surface area contributed by atoms with Crippen molar-refractivity contribution in [2.45, 2.75) is 25.3 Å². The lowest BCUT2D eigenvalue weighted by atomic mass is 10.1. The highest BCUT2D eigenvalue weighted by Crippen LogP contribution is 2.21. The standard InChI is InChI=1S/C14H16N2O4/c17-12-9-11(14(20)15-12)16(8-4-7-13(18)19)10-5-2-1-3-6-10/h1-3,5-6,11H,4,7-9H2,(H,18,19)(H,15,17,20). The number of carboxylic acids is 1. The second kappa shape index (κ2) is 6.18. The second-order valence-corrected chi connectivity index (χ2v) is 4.66. The molecule has 1 aliphatic rings. The minimum absolute atomic E-state index is 0.0334. The fourth-order valence-electron chi connectivity index (χ4n) is 2.28. The summed E-state index contributed by atoms with van der Waals surface area (Å²) in [5, 5.41) is 11.0. The Hall–Kier alpha value is -2.37. The van der Waals surface area contributed by atoms with Crippen LogP contribution in [0.1, 0.15) is 19.3 Å². The van der Waals surface area contributed by atoms with E-state index < -0.39 is 12.0 Å². The van der Waals surface area contributed by atoms with E-state index in [1.54, 1.807) is 4.90 Å². The Morgan fingerprint density at radius 2 is 2.00 bits per heavy atom. The SMILES string of the molecule is O=C(O)CCCN(c1ccccc1)C1CC(=O)NC1=O. The van der Waals surface area contributed by atoms with Crippen molar-refractivity contribution in [1.29, 1.82) is 0 Å². The van der Waals surface area contributed by atoms with E-state index in [2.05, 4.69) is 5.32 Å². The number of rotatable bonds is 6. The Bertz CT molecular complexity index is 515. The normalized spacial score (nSPS) is 17.9. The molecule has 20 heavy (non-hydrogen) atoms. The van der Waals surface area contributed by atoms with Crippen molar-refractivity contribution < 1.29 is 19.5 Å². The largest absolute Gasteiger partial charge is 0.481 e. The molecule has 106 valence electrons. The summed E-state index contributed by atoms with van der Waals surface area (Å²) >= 11 is 0. The molecule has 0 aliphatic carbocycles. The highest BCUT2D eigenvalue weighted by molar-refractivity contribution is 6.07. The highest BCUT2D eigenvalue weighted by Gasteiger charge is 2.35. The van der Waals surface area contributed by atoms with E-state index >= 15 is 0 Å². The minimum Gasteiger partial charge on any atom is -0.481 e.